The third-order valence-corrected chi connectivity index (χ3v) is 3.27. The smallest absolute Gasteiger partial charge is 0.0542 e. The zero-order chi connectivity index (χ0) is 9.31. The van der Waals surface area contributed by atoms with E-state index in [-0.39, 0.29) is 0 Å². The maximum absolute atomic E-state index is 5.28. The lowest BCUT2D eigenvalue weighted by Gasteiger charge is -2.44. The predicted octanol–water partition coefficient (Wildman–Crippen LogP) is 0.317. The van der Waals surface area contributed by atoms with E-state index in [2.05, 4.69) is 24.2 Å². The Balaban J connectivity index is 1.85. The lowest BCUT2D eigenvalue weighted by molar-refractivity contribution is -0.115. The van der Waals surface area contributed by atoms with E-state index in [0.29, 0.717) is 11.5 Å². The summed E-state index contributed by atoms with van der Waals surface area (Å²) < 4.78 is 5.28. The molecule has 3 heteroatoms. The maximum Gasteiger partial charge on any atom is 0.0542 e. The molecule has 0 spiro atoms. The number of nitrogens with one attached hydrogen (secondary N) is 1. The molecule has 2 heterocycles. The number of hydrogen-bond donors (Lipinski definition) is 1. The third kappa shape index (κ3) is 2.03. The number of nitrogens with zero attached hydrogens (tertiary/aromatic N) is 1. The molecular formula is C10H20N2O. The fraction of sp³-hybridized carbons (Fsp3) is 1.00. The molecule has 1 N–H and O–H groups in total. The zero-order valence-corrected chi connectivity index (χ0v) is 8.68. The Morgan fingerprint density at radius 1 is 1.54 bits per heavy atom. The van der Waals surface area contributed by atoms with Gasteiger partial charge in [-0.25, -0.2) is 0 Å². The van der Waals surface area contributed by atoms with Gasteiger partial charge in [0.25, 0.3) is 0 Å². The summed E-state index contributed by atoms with van der Waals surface area (Å²) in [6.45, 7) is 7.71. The number of piperazine rings is 1. The highest BCUT2D eigenvalue weighted by Crippen LogP contribution is 2.33. The van der Waals surface area contributed by atoms with Crippen LogP contribution in [-0.4, -0.2) is 50.8 Å². The second kappa shape index (κ2) is 3.56. The molecule has 0 amide bonds. The van der Waals surface area contributed by atoms with Gasteiger partial charge in [-0.1, -0.05) is 6.92 Å². The van der Waals surface area contributed by atoms with E-state index in [1.807, 2.05) is 0 Å². The van der Waals surface area contributed by atoms with Crippen molar-refractivity contribution in [1.82, 2.24) is 10.2 Å². The molecule has 0 bridgehead atoms. The minimum Gasteiger partial charge on any atom is -0.380 e. The van der Waals surface area contributed by atoms with Gasteiger partial charge in [0.05, 0.1) is 13.2 Å². The van der Waals surface area contributed by atoms with E-state index in [1.165, 1.54) is 13.0 Å². The fourth-order valence-corrected chi connectivity index (χ4v) is 2.23. The molecular weight excluding hydrogens is 164 g/mol. The van der Waals surface area contributed by atoms with Crippen molar-refractivity contribution in [2.45, 2.75) is 19.4 Å². The molecule has 2 fully saturated rings. The van der Waals surface area contributed by atoms with Crippen molar-refractivity contribution in [2.75, 3.05) is 39.9 Å². The van der Waals surface area contributed by atoms with Crippen LogP contribution in [0, 0.1) is 5.41 Å². The Labute approximate surface area is 80.4 Å². The summed E-state index contributed by atoms with van der Waals surface area (Å²) in [6.07, 6.45) is 1.27. The van der Waals surface area contributed by atoms with Crippen LogP contribution in [0.5, 0.6) is 0 Å². The van der Waals surface area contributed by atoms with Crippen LogP contribution in [0.3, 0.4) is 0 Å². The Bertz CT molecular complexity index is 180. The van der Waals surface area contributed by atoms with Crippen molar-refractivity contribution in [2.24, 2.45) is 5.41 Å². The van der Waals surface area contributed by atoms with Crippen LogP contribution in [0.15, 0.2) is 0 Å². The first kappa shape index (κ1) is 9.44. The van der Waals surface area contributed by atoms with Crippen LogP contribution < -0.4 is 5.32 Å². The van der Waals surface area contributed by atoms with E-state index in [0.717, 1.165) is 26.3 Å². The van der Waals surface area contributed by atoms with Gasteiger partial charge in [-0.15, -0.1) is 0 Å². The molecule has 76 valence electrons. The zero-order valence-electron chi connectivity index (χ0n) is 8.68. The van der Waals surface area contributed by atoms with Gasteiger partial charge in [0.15, 0.2) is 0 Å². The van der Waals surface area contributed by atoms with Crippen molar-refractivity contribution in [1.29, 1.82) is 0 Å². The van der Waals surface area contributed by atoms with Crippen molar-refractivity contribution in [3.63, 3.8) is 0 Å². The quantitative estimate of drug-likeness (QED) is 0.669. The van der Waals surface area contributed by atoms with Gasteiger partial charge >= 0.3 is 0 Å². The second-order valence-corrected chi connectivity index (χ2v) is 4.85. The summed E-state index contributed by atoms with van der Waals surface area (Å²) in [4.78, 5) is 2.47. The monoisotopic (exact) mass is 184 g/mol. The first-order chi connectivity index (χ1) is 6.20. The topological polar surface area (TPSA) is 24.5 Å². The minimum atomic E-state index is 0.456. The molecule has 1 unspecified atom stereocenters. The molecule has 0 radical (unpaired) electrons. The van der Waals surface area contributed by atoms with E-state index in [9.17, 15) is 0 Å². The standard InChI is InChI=1S/C10H20N2O/c1-10(7-13-8-10)5-9-6-11-3-4-12(9)2/h9,11H,3-8H2,1-2H3. The lowest BCUT2D eigenvalue weighted by Crippen LogP contribution is -2.53. The SMILES string of the molecule is CN1CCNCC1CC1(C)COC1. The fourth-order valence-electron chi connectivity index (χ4n) is 2.23. The second-order valence-electron chi connectivity index (χ2n) is 4.85. The molecule has 13 heavy (non-hydrogen) atoms. The van der Waals surface area contributed by atoms with Gasteiger partial charge in [0, 0.05) is 31.1 Å². The van der Waals surface area contributed by atoms with Crippen LogP contribution in [0.2, 0.25) is 0 Å². The number of likely N-dealkylation sites (N-methyl/N-ethyl adjacent to an activating group) is 1. The Kier molecular flexibility index (Phi) is 2.58. The summed E-state index contributed by atoms with van der Waals surface area (Å²) in [7, 11) is 2.23. The molecule has 0 aromatic carbocycles. The van der Waals surface area contributed by atoms with Crippen LogP contribution in [0.1, 0.15) is 13.3 Å². The van der Waals surface area contributed by atoms with E-state index in [4.69, 9.17) is 4.74 Å². The summed E-state index contributed by atoms with van der Waals surface area (Å²) in [5, 5.41) is 3.45. The van der Waals surface area contributed by atoms with E-state index < -0.39 is 0 Å². The minimum absolute atomic E-state index is 0.456. The van der Waals surface area contributed by atoms with Gasteiger partial charge in [-0.2, -0.15) is 0 Å². The molecule has 2 rings (SSSR count). The van der Waals surface area contributed by atoms with E-state index >= 15 is 0 Å². The highest BCUT2D eigenvalue weighted by atomic mass is 16.5. The molecule has 2 aliphatic heterocycles. The van der Waals surface area contributed by atoms with Crippen LogP contribution in [-0.2, 0) is 4.74 Å². The highest BCUT2D eigenvalue weighted by Gasteiger charge is 2.37. The average molecular weight is 184 g/mol. The molecule has 0 aromatic heterocycles. The average Bonchev–Trinajstić information content (AvgIpc) is 2.06. The molecule has 1 atom stereocenters. The number of hydrogen-bond acceptors (Lipinski definition) is 3. The molecule has 0 aliphatic carbocycles. The summed E-state index contributed by atoms with van der Waals surface area (Å²) in [5.74, 6) is 0. The number of rotatable bonds is 2. The predicted molar refractivity (Wildman–Crippen MR) is 52.8 cm³/mol. The maximum atomic E-state index is 5.28. The Morgan fingerprint density at radius 2 is 2.31 bits per heavy atom. The number of ether oxygens (including phenoxy) is 1. The first-order valence-electron chi connectivity index (χ1n) is 5.18. The van der Waals surface area contributed by atoms with Crippen LogP contribution >= 0.6 is 0 Å². The summed E-state index contributed by atoms with van der Waals surface area (Å²) in [5.41, 5.74) is 0.456. The normalized spacial score (nSPS) is 34.2. The molecule has 0 aromatic rings. The summed E-state index contributed by atoms with van der Waals surface area (Å²) in [6, 6.07) is 0.711. The van der Waals surface area contributed by atoms with Gasteiger partial charge in [-0.05, 0) is 13.5 Å². The van der Waals surface area contributed by atoms with Gasteiger partial charge in [0.2, 0.25) is 0 Å². The highest BCUT2D eigenvalue weighted by molar-refractivity contribution is 4.89. The van der Waals surface area contributed by atoms with Gasteiger partial charge < -0.3 is 15.0 Å². The third-order valence-electron chi connectivity index (χ3n) is 3.27. The molecule has 2 aliphatic rings. The van der Waals surface area contributed by atoms with Crippen molar-refractivity contribution in [3.05, 3.63) is 0 Å². The molecule has 3 nitrogen and oxygen atoms in total. The van der Waals surface area contributed by atoms with Gasteiger partial charge in [0.1, 0.15) is 0 Å². The lowest BCUT2D eigenvalue weighted by atomic mass is 9.81. The summed E-state index contributed by atoms with van der Waals surface area (Å²) >= 11 is 0. The largest absolute Gasteiger partial charge is 0.380 e. The van der Waals surface area contributed by atoms with Crippen LogP contribution in [0.25, 0.3) is 0 Å². The van der Waals surface area contributed by atoms with Gasteiger partial charge in [-0.3, -0.25) is 0 Å². The Hall–Kier alpha value is -0.120. The van der Waals surface area contributed by atoms with Crippen molar-refractivity contribution >= 4 is 0 Å². The van der Waals surface area contributed by atoms with Crippen LogP contribution in [0.4, 0.5) is 0 Å². The van der Waals surface area contributed by atoms with Crippen molar-refractivity contribution in [3.8, 4) is 0 Å². The van der Waals surface area contributed by atoms with E-state index in [1.54, 1.807) is 0 Å². The first-order valence-corrected chi connectivity index (χ1v) is 5.18. The molecule has 0 saturated carbocycles. The van der Waals surface area contributed by atoms with Crippen molar-refractivity contribution < 1.29 is 4.74 Å². The Morgan fingerprint density at radius 3 is 2.85 bits per heavy atom. The molecule has 2 saturated heterocycles.